The fourth-order valence-electron chi connectivity index (χ4n) is 4.24. The fraction of sp³-hybridized carbons (Fsp3) is 0.929. The van der Waals surface area contributed by atoms with E-state index in [9.17, 15) is 4.79 Å². The van der Waals surface area contributed by atoms with Crippen LogP contribution in [0.4, 0.5) is 0 Å². The predicted molar refractivity (Wildman–Crippen MR) is 64.3 cm³/mol. The van der Waals surface area contributed by atoms with Crippen molar-refractivity contribution in [1.82, 2.24) is 5.32 Å². The van der Waals surface area contributed by atoms with E-state index in [2.05, 4.69) is 5.32 Å². The van der Waals surface area contributed by atoms with Gasteiger partial charge in [0.25, 0.3) is 0 Å². The molecular weight excluding hydrogens is 198 g/mol. The maximum atomic E-state index is 11.6. The Kier molecular flexibility index (Phi) is 2.58. The molecule has 3 aliphatic rings. The van der Waals surface area contributed by atoms with Crippen molar-refractivity contribution >= 4 is 5.78 Å². The second-order valence-corrected chi connectivity index (χ2v) is 6.38. The molecule has 16 heavy (non-hydrogen) atoms. The van der Waals surface area contributed by atoms with E-state index < -0.39 is 0 Å². The normalized spacial score (nSPS) is 44.4. The smallest absolute Gasteiger partial charge is 0.133 e. The quantitative estimate of drug-likeness (QED) is 0.681. The lowest BCUT2D eigenvalue weighted by molar-refractivity contribution is -0.125. The van der Waals surface area contributed by atoms with Crippen LogP contribution in [0.1, 0.15) is 64.2 Å². The summed E-state index contributed by atoms with van der Waals surface area (Å²) in [5.74, 6) is 0.529. The second-order valence-electron chi connectivity index (χ2n) is 6.38. The molecule has 2 spiro atoms. The summed E-state index contributed by atoms with van der Waals surface area (Å²) in [5, 5.41) is 3.72. The molecule has 0 unspecified atom stereocenters. The maximum Gasteiger partial charge on any atom is 0.133 e. The number of Topliss-reactive ketones (excluding diaryl/α,β-unsaturated/α-hetero) is 1. The van der Waals surface area contributed by atoms with Crippen LogP contribution in [-0.4, -0.2) is 17.9 Å². The highest BCUT2D eigenvalue weighted by molar-refractivity contribution is 5.79. The highest BCUT2D eigenvalue weighted by Crippen LogP contribution is 2.50. The largest absolute Gasteiger partial charge is 0.311 e. The van der Waals surface area contributed by atoms with Gasteiger partial charge in [-0.05, 0) is 63.3 Å². The van der Waals surface area contributed by atoms with E-state index in [1.165, 1.54) is 51.5 Å². The minimum Gasteiger partial charge on any atom is -0.311 e. The van der Waals surface area contributed by atoms with Crippen molar-refractivity contribution in [3.8, 4) is 0 Å². The summed E-state index contributed by atoms with van der Waals surface area (Å²) < 4.78 is 0. The molecule has 2 nitrogen and oxygen atoms in total. The molecule has 0 aromatic heterocycles. The Labute approximate surface area is 98.2 Å². The molecule has 0 bridgehead atoms. The first-order valence-corrected chi connectivity index (χ1v) is 6.99. The summed E-state index contributed by atoms with van der Waals surface area (Å²) in [7, 11) is 0. The predicted octanol–water partition coefficient (Wildman–Crippen LogP) is 2.81. The Balaban J connectivity index is 1.66. The van der Waals surface area contributed by atoms with Gasteiger partial charge in [0.2, 0.25) is 0 Å². The van der Waals surface area contributed by atoms with E-state index in [1.807, 2.05) is 0 Å². The highest BCUT2D eigenvalue weighted by atomic mass is 16.1. The van der Waals surface area contributed by atoms with Crippen LogP contribution in [0.3, 0.4) is 0 Å². The number of hydrogen-bond donors (Lipinski definition) is 1. The lowest BCUT2D eigenvalue weighted by Crippen LogP contribution is -2.47. The van der Waals surface area contributed by atoms with Gasteiger partial charge in [-0.1, -0.05) is 0 Å². The highest BCUT2D eigenvalue weighted by Gasteiger charge is 2.45. The average molecular weight is 221 g/mol. The Bertz CT molecular complexity index is 281. The summed E-state index contributed by atoms with van der Waals surface area (Å²) >= 11 is 0. The van der Waals surface area contributed by atoms with Crippen molar-refractivity contribution in [3.63, 3.8) is 0 Å². The summed E-state index contributed by atoms with van der Waals surface area (Å²) in [5.41, 5.74) is 0.899. The molecule has 90 valence electrons. The zero-order valence-corrected chi connectivity index (χ0v) is 10.2. The van der Waals surface area contributed by atoms with Crippen LogP contribution < -0.4 is 5.32 Å². The van der Waals surface area contributed by atoms with Crippen LogP contribution in [0.25, 0.3) is 0 Å². The minimum atomic E-state index is 0.421. The van der Waals surface area contributed by atoms with Crippen LogP contribution in [-0.2, 0) is 4.79 Å². The van der Waals surface area contributed by atoms with Crippen LogP contribution in [0.5, 0.6) is 0 Å². The monoisotopic (exact) mass is 221 g/mol. The van der Waals surface area contributed by atoms with E-state index in [0.29, 0.717) is 16.7 Å². The zero-order chi connectivity index (χ0) is 11.1. The summed E-state index contributed by atoms with van der Waals surface area (Å²) in [6.45, 7) is 1.21. The van der Waals surface area contributed by atoms with E-state index >= 15 is 0 Å². The maximum absolute atomic E-state index is 11.6. The van der Waals surface area contributed by atoms with Gasteiger partial charge >= 0.3 is 0 Å². The van der Waals surface area contributed by atoms with E-state index in [4.69, 9.17) is 0 Å². The van der Waals surface area contributed by atoms with Crippen LogP contribution >= 0.6 is 0 Å². The zero-order valence-electron chi connectivity index (χ0n) is 10.2. The van der Waals surface area contributed by atoms with Crippen molar-refractivity contribution in [1.29, 1.82) is 0 Å². The number of carbonyl (C=O) groups is 1. The van der Waals surface area contributed by atoms with Crippen LogP contribution in [0, 0.1) is 5.41 Å². The molecule has 3 fully saturated rings. The van der Waals surface area contributed by atoms with Gasteiger partial charge in [0.05, 0.1) is 0 Å². The number of rotatable bonds is 0. The van der Waals surface area contributed by atoms with Gasteiger partial charge in [-0.25, -0.2) is 0 Å². The molecule has 3 rings (SSSR count). The Hall–Kier alpha value is -0.370. The fourth-order valence-corrected chi connectivity index (χ4v) is 4.24. The van der Waals surface area contributed by atoms with E-state index in [0.717, 1.165) is 19.3 Å². The lowest BCUT2D eigenvalue weighted by atomic mass is 9.61. The molecule has 1 saturated heterocycles. The molecule has 0 aromatic carbocycles. The molecule has 0 radical (unpaired) electrons. The molecule has 1 aliphatic heterocycles. The second kappa shape index (κ2) is 3.83. The summed E-state index contributed by atoms with van der Waals surface area (Å²) in [4.78, 5) is 11.6. The number of nitrogens with one attached hydrogen (secondary N) is 1. The van der Waals surface area contributed by atoms with Crippen LogP contribution in [0.2, 0.25) is 0 Å². The van der Waals surface area contributed by atoms with Gasteiger partial charge < -0.3 is 5.32 Å². The SMILES string of the molecule is O=C1CCCC2(CCC3(CCCN3)CC2)C1. The topological polar surface area (TPSA) is 29.1 Å². The van der Waals surface area contributed by atoms with Gasteiger partial charge in [0.1, 0.15) is 5.78 Å². The molecule has 1 heterocycles. The van der Waals surface area contributed by atoms with Crippen molar-refractivity contribution in [2.45, 2.75) is 69.7 Å². The first kappa shape index (κ1) is 10.8. The molecule has 2 saturated carbocycles. The van der Waals surface area contributed by atoms with Crippen molar-refractivity contribution in [2.24, 2.45) is 5.41 Å². The molecule has 0 amide bonds. The third-order valence-electron chi connectivity index (χ3n) is 5.33. The molecule has 0 aromatic rings. The Morgan fingerprint density at radius 3 is 2.38 bits per heavy atom. The summed E-state index contributed by atoms with van der Waals surface area (Å²) in [6.07, 6.45) is 12.2. The van der Waals surface area contributed by atoms with Crippen molar-refractivity contribution in [2.75, 3.05) is 6.54 Å². The van der Waals surface area contributed by atoms with Crippen molar-refractivity contribution < 1.29 is 4.79 Å². The van der Waals surface area contributed by atoms with Gasteiger partial charge in [0, 0.05) is 18.4 Å². The van der Waals surface area contributed by atoms with Gasteiger partial charge in [-0.2, -0.15) is 0 Å². The van der Waals surface area contributed by atoms with Crippen LogP contribution in [0.15, 0.2) is 0 Å². The first-order valence-electron chi connectivity index (χ1n) is 6.99. The van der Waals surface area contributed by atoms with E-state index in [-0.39, 0.29) is 0 Å². The van der Waals surface area contributed by atoms with Gasteiger partial charge in [-0.3, -0.25) is 4.79 Å². The Morgan fingerprint density at radius 2 is 1.75 bits per heavy atom. The Morgan fingerprint density at radius 1 is 0.938 bits per heavy atom. The average Bonchev–Trinajstić information content (AvgIpc) is 2.73. The van der Waals surface area contributed by atoms with E-state index in [1.54, 1.807) is 0 Å². The number of ketones is 1. The van der Waals surface area contributed by atoms with Crippen molar-refractivity contribution in [3.05, 3.63) is 0 Å². The molecule has 2 aliphatic carbocycles. The minimum absolute atomic E-state index is 0.421. The third-order valence-corrected chi connectivity index (χ3v) is 5.33. The number of carbonyl (C=O) groups excluding carboxylic acids is 1. The standard InChI is InChI=1S/C14H23NO/c16-12-3-1-4-13(11-12)6-8-14(9-7-13)5-2-10-15-14/h15H,1-11H2. The molecular formula is C14H23NO. The van der Waals surface area contributed by atoms with Gasteiger partial charge in [-0.15, -0.1) is 0 Å². The number of hydrogen-bond acceptors (Lipinski definition) is 2. The van der Waals surface area contributed by atoms with Gasteiger partial charge in [0.15, 0.2) is 0 Å². The molecule has 2 heteroatoms. The molecule has 0 atom stereocenters. The third kappa shape index (κ3) is 1.81. The molecule has 1 N–H and O–H groups in total. The summed E-state index contributed by atoms with van der Waals surface area (Å²) in [6, 6.07) is 0. The lowest BCUT2D eigenvalue weighted by Gasteiger charge is -2.46. The first-order chi connectivity index (χ1) is 7.72.